The Morgan fingerprint density at radius 1 is 1.33 bits per heavy atom. The molecule has 1 fully saturated rings. The highest BCUT2D eigenvalue weighted by Gasteiger charge is 2.24. The van der Waals surface area contributed by atoms with E-state index in [2.05, 4.69) is 15.8 Å². The van der Waals surface area contributed by atoms with Gasteiger partial charge in [-0.3, -0.25) is 0 Å². The molecule has 0 saturated heterocycles. The van der Waals surface area contributed by atoms with Crippen LogP contribution < -0.4 is 4.74 Å². The van der Waals surface area contributed by atoms with Crippen molar-refractivity contribution in [2.24, 2.45) is 0 Å². The summed E-state index contributed by atoms with van der Waals surface area (Å²) in [7, 11) is 1.49. The molecule has 1 aliphatic carbocycles. The minimum absolute atomic E-state index is 0.267. The van der Waals surface area contributed by atoms with Crippen molar-refractivity contribution < 1.29 is 9.13 Å². The molecule has 1 N–H and O–H groups in total. The van der Waals surface area contributed by atoms with Crippen molar-refractivity contribution in [1.82, 2.24) is 9.55 Å². The van der Waals surface area contributed by atoms with Crippen LogP contribution in [0.15, 0.2) is 12.1 Å². The first-order valence-corrected chi connectivity index (χ1v) is 8.84. The van der Waals surface area contributed by atoms with Crippen LogP contribution >= 0.6 is 24.0 Å². The quantitative estimate of drug-likeness (QED) is 0.830. The Morgan fingerprint density at radius 2 is 2.05 bits per heavy atom. The van der Waals surface area contributed by atoms with Crippen molar-refractivity contribution in [2.75, 3.05) is 13.4 Å². The summed E-state index contributed by atoms with van der Waals surface area (Å²) in [5, 5.41) is 0.757. The van der Waals surface area contributed by atoms with E-state index in [-0.39, 0.29) is 11.6 Å². The summed E-state index contributed by atoms with van der Waals surface area (Å²) in [5.41, 5.74) is 1.68. The fourth-order valence-corrected chi connectivity index (χ4v) is 4.29. The number of halogens is 1. The second kappa shape index (κ2) is 6.01. The Hall–Kier alpha value is -1.01. The van der Waals surface area contributed by atoms with Gasteiger partial charge >= 0.3 is 0 Å². The molecule has 1 aromatic heterocycles. The Balaban J connectivity index is 2.02. The van der Waals surface area contributed by atoms with Crippen LogP contribution in [0, 0.1) is 10.6 Å². The SMILES string of the molecule is COc1cc2c(cc1F)[nH]c(=S)n2C1CCC(SC)CC1. The van der Waals surface area contributed by atoms with Crippen LogP contribution in [-0.4, -0.2) is 28.2 Å². The van der Waals surface area contributed by atoms with E-state index in [0.29, 0.717) is 10.8 Å². The highest BCUT2D eigenvalue weighted by Crippen LogP contribution is 2.36. The van der Waals surface area contributed by atoms with Gasteiger partial charge < -0.3 is 14.3 Å². The van der Waals surface area contributed by atoms with Crippen LogP contribution in [0.4, 0.5) is 4.39 Å². The monoisotopic (exact) mass is 326 g/mol. The number of nitrogens with one attached hydrogen (secondary N) is 1. The summed E-state index contributed by atoms with van der Waals surface area (Å²) in [4.78, 5) is 3.12. The molecule has 114 valence electrons. The summed E-state index contributed by atoms with van der Waals surface area (Å²) >= 11 is 7.40. The van der Waals surface area contributed by atoms with Crippen LogP contribution in [0.3, 0.4) is 0 Å². The van der Waals surface area contributed by atoms with Gasteiger partial charge in [-0.05, 0) is 44.2 Å². The topological polar surface area (TPSA) is 29.9 Å². The van der Waals surface area contributed by atoms with E-state index in [4.69, 9.17) is 17.0 Å². The first-order valence-electron chi connectivity index (χ1n) is 7.14. The maximum Gasteiger partial charge on any atom is 0.178 e. The van der Waals surface area contributed by atoms with Gasteiger partial charge in [0.25, 0.3) is 0 Å². The molecule has 1 heterocycles. The predicted octanol–water partition coefficient (Wildman–Crippen LogP) is 4.69. The molecule has 0 bridgehead atoms. The van der Waals surface area contributed by atoms with E-state index in [9.17, 15) is 4.39 Å². The number of thioether (sulfide) groups is 1. The van der Waals surface area contributed by atoms with Gasteiger partial charge in [0.1, 0.15) is 0 Å². The zero-order valence-corrected chi connectivity index (χ0v) is 13.8. The largest absolute Gasteiger partial charge is 0.494 e. The summed E-state index contributed by atoms with van der Waals surface area (Å²) in [6, 6.07) is 3.61. The highest BCUT2D eigenvalue weighted by molar-refractivity contribution is 7.99. The number of methoxy groups -OCH3 is 1. The molecule has 3 nitrogen and oxygen atoms in total. The fourth-order valence-electron chi connectivity index (χ4n) is 3.19. The summed E-state index contributed by atoms with van der Waals surface area (Å²) in [6.07, 6.45) is 6.83. The van der Waals surface area contributed by atoms with Gasteiger partial charge in [-0.25, -0.2) is 4.39 Å². The summed E-state index contributed by atoms with van der Waals surface area (Å²) in [6.45, 7) is 0. The van der Waals surface area contributed by atoms with E-state index in [1.54, 1.807) is 6.07 Å². The number of aromatic nitrogens is 2. The van der Waals surface area contributed by atoms with Crippen molar-refractivity contribution in [2.45, 2.75) is 37.0 Å². The summed E-state index contributed by atoms with van der Waals surface area (Å²) < 4.78 is 21.7. The lowest BCUT2D eigenvalue weighted by Gasteiger charge is -2.28. The highest BCUT2D eigenvalue weighted by atomic mass is 32.2. The van der Waals surface area contributed by atoms with Gasteiger partial charge in [-0.15, -0.1) is 0 Å². The van der Waals surface area contributed by atoms with Crippen molar-refractivity contribution >= 4 is 35.0 Å². The molecule has 2 aromatic rings. The lowest BCUT2D eigenvalue weighted by Crippen LogP contribution is -2.19. The smallest absolute Gasteiger partial charge is 0.178 e. The number of nitrogens with zero attached hydrogens (tertiary/aromatic N) is 1. The first kappa shape index (κ1) is 14.9. The number of ether oxygens (including phenoxy) is 1. The first-order chi connectivity index (χ1) is 10.1. The second-order valence-corrected chi connectivity index (χ2v) is 7.00. The molecule has 0 atom stereocenters. The second-order valence-electron chi connectivity index (χ2n) is 5.47. The standard InChI is InChI=1S/C15H19FN2OS2/c1-19-14-8-13-12(7-11(14)16)17-15(20)18(13)9-3-5-10(21-2)6-4-9/h7-10H,3-6H2,1-2H3,(H,17,20). The number of rotatable bonds is 3. The normalized spacial score (nSPS) is 22.6. The lowest BCUT2D eigenvalue weighted by molar-refractivity contribution is 0.362. The fraction of sp³-hybridized carbons (Fsp3) is 0.533. The molecule has 21 heavy (non-hydrogen) atoms. The Labute approximate surface area is 132 Å². The van der Waals surface area contributed by atoms with Crippen molar-refractivity contribution in [3.63, 3.8) is 0 Å². The van der Waals surface area contributed by atoms with E-state index in [1.165, 1.54) is 26.0 Å². The molecule has 0 unspecified atom stereocenters. The zero-order valence-electron chi connectivity index (χ0n) is 12.2. The van der Waals surface area contributed by atoms with Crippen molar-refractivity contribution in [1.29, 1.82) is 0 Å². The minimum Gasteiger partial charge on any atom is -0.494 e. The molecule has 3 rings (SSSR count). The number of hydrogen-bond acceptors (Lipinski definition) is 3. The third kappa shape index (κ3) is 2.71. The molecule has 0 spiro atoms. The molecule has 0 amide bonds. The number of benzene rings is 1. The Morgan fingerprint density at radius 3 is 2.67 bits per heavy atom. The van der Waals surface area contributed by atoms with Crippen LogP contribution in [0.1, 0.15) is 31.7 Å². The molecule has 1 saturated carbocycles. The average Bonchev–Trinajstić information content (AvgIpc) is 2.81. The van der Waals surface area contributed by atoms with Gasteiger partial charge in [-0.2, -0.15) is 11.8 Å². The van der Waals surface area contributed by atoms with Crippen LogP contribution in [0.5, 0.6) is 5.75 Å². The molecular weight excluding hydrogens is 307 g/mol. The number of imidazole rings is 1. The lowest BCUT2D eigenvalue weighted by atomic mass is 9.94. The number of hydrogen-bond donors (Lipinski definition) is 1. The van der Waals surface area contributed by atoms with Crippen LogP contribution in [-0.2, 0) is 0 Å². The van der Waals surface area contributed by atoms with Crippen LogP contribution in [0.25, 0.3) is 11.0 Å². The maximum absolute atomic E-state index is 13.8. The number of aromatic amines is 1. The maximum atomic E-state index is 13.8. The number of H-pyrrole nitrogens is 1. The van der Waals surface area contributed by atoms with E-state index in [1.807, 2.05) is 11.8 Å². The van der Waals surface area contributed by atoms with Gasteiger partial charge in [0.05, 0.1) is 18.1 Å². The van der Waals surface area contributed by atoms with Gasteiger partial charge in [0, 0.05) is 23.4 Å². The minimum atomic E-state index is -0.362. The zero-order chi connectivity index (χ0) is 15.0. The van der Waals surface area contributed by atoms with E-state index < -0.39 is 0 Å². The Kier molecular flexibility index (Phi) is 4.26. The van der Waals surface area contributed by atoms with Gasteiger partial charge in [-0.1, -0.05) is 0 Å². The molecular formula is C15H19FN2OS2. The van der Waals surface area contributed by atoms with Gasteiger partial charge in [0.2, 0.25) is 0 Å². The van der Waals surface area contributed by atoms with E-state index >= 15 is 0 Å². The molecule has 1 aliphatic rings. The predicted molar refractivity (Wildman–Crippen MR) is 88.4 cm³/mol. The average molecular weight is 326 g/mol. The summed E-state index contributed by atoms with van der Waals surface area (Å²) in [5.74, 6) is -0.0949. The Bertz CT molecular complexity index is 701. The molecule has 6 heteroatoms. The van der Waals surface area contributed by atoms with Crippen molar-refractivity contribution in [3.05, 3.63) is 22.7 Å². The van der Waals surface area contributed by atoms with Crippen molar-refractivity contribution in [3.8, 4) is 5.75 Å². The van der Waals surface area contributed by atoms with Gasteiger partial charge in [0.15, 0.2) is 16.3 Å². The van der Waals surface area contributed by atoms with E-state index in [0.717, 1.165) is 29.1 Å². The number of fused-ring (bicyclic) bond motifs is 1. The molecule has 1 aromatic carbocycles. The third-order valence-corrected chi connectivity index (χ3v) is 5.77. The molecule has 0 aliphatic heterocycles. The third-order valence-electron chi connectivity index (χ3n) is 4.33. The molecule has 0 radical (unpaired) electrons. The van der Waals surface area contributed by atoms with Crippen LogP contribution in [0.2, 0.25) is 0 Å².